The molecular weight excluding hydrogens is 262 g/mol. The van der Waals surface area contributed by atoms with Crippen LogP contribution in [-0.4, -0.2) is 34.6 Å². The number of ether oxygens (including phenoxy) is 1. The molecule has 20 heavy (non-hydrogen) atoms. The molecule has 1 amide bonds. The van der Waals surface area contributed by atoms with Crippen molar-refractivity contribution in [3.8, 4) is 0 Å². The minimum Gasteiger partial charge on any atom is -0.480 e. The number of carbonyl (C=O) groups excluding carboxylic acids is 2. The number of carbonyl (C=O) groups is 3. The topological polar surface area (TPSA) is 92.7 Å². The Balaban J connectivity index is 4.30. The van der Waals surface area contributed by atoms with Crippen molar-refractivity contribution in [2.45, 2.75) is 58.1 Å². The molecular formula is C14H23NO5. The van der Waals surface area contributed by atoms with Gasteiger partial charge in [-0.2, -0.15) is 0 Å². The zero-order chi connectivity index (χ0) is 15.8. The van der Waals surface area contributed by atoms with Crippen molar-refractivity contribution in [1.29, 1.82) is 0 Å². The maximum Gasteiger partial charge on any atom is 0.408 e. The highest BCUT2D eigenvalue weighted by atomic mass is 16.6. The van der Waals surface area contributed by atoms with E-state index in [-0.39, 0.29) is 18.6 Å². The maximum absolute atomic E-state index is 11.5. The average Bonchev–Trinajstić information content (AvgIpc) is 2.29. The fourth-order valence-corrected chi connectivity index (χ4v) is 1.40. The second-order valence-electron chi connectivity index (χ2n) is 5.44. The molecule has 0 aliphatic carbocycles. The van der Waals surface area contributed by atoms with Crippen LogP contribution in [-0.2, 0) is 14.3 Å². The molecule has 0 aliphatic rings. The van der Waals surface area contributed by atoms with Gasteiger partial charge in [-0.05, 0) is 33.6 Å². The SMILES string of the molecule is C=CCCC(=O)CCC(NC(=O)OC(C)(C)C)C(=O)O. The van der Waals surface area contributed by atoms with E-state index in [4.69, 9.17) is 9.84 Å². The minimum absolute atomic E-state index is 0.0462. The van der Waals surface area contributed by atoms with E-state index in [1.807, 2.05) is 0 Å². The van der Waals surface area contributed by atoms with Crippen LogP contribution in [0.2, 0.25) is 0 Å². The summed E-state index contributed by atoms with van der Waals surface area (Å²) in [4.78, 5) is 34.0. The van der Waals surface area contributed by atoms with Gasteiger partial charge in [0.15, 0.2) is 0 Å². The van der Waals surface area contributed by atoms with Gasteiger partial charge in [-0.1, -0.05) is 6.08 Å². The fraction of sp³-hybridized carbons (Fsp3) is 0.643. The first kappa shape index (κ1) is 18.1. The van der Waals surface area contributed by atoms with E-state index in [0.29, 0.717) is 12.8 Å². The molecule has 0 radical (unpaired) electrons. The number of rotatable bonds is 8. The zero-order valence-corrected chi connectivity index (χ0v) is 12.3. The average molecular weight is 285 g/mol. The van der Waals surface area contributed by atoms with Crippen molar-refractivity contribution in [2.75, 3.05) is 0 Å². The van der Waals surface area contributed by atoms with Gasteiger partial charge in [0, 0.05) is 12.8 Å². The van der Waals surface area contributed by atoms with Crippen molar-refractivity contribution >= 4 is 17.8 Å². The van der Waals surface area contributed by atoms with E-state index in [1.165, 1.54) is 0 Å². The number of hydrogen-bond acceptors (Lipinski definition) is 4. The summed E-state index contributed by atoms with van der Waals surface area (Å²) < 4.78 is 4.98. The van der Waals surface area contributed by atoms with Crippen molar-refractivity contribution in [1.82, 2.24) is 5.32 Å². The predicted octanol–water partition coefficient (Wildman–Crippen LogP) is 2.28. The van der Waals surface area contributed by atoms with E-state index >= 15 is 0 Å². The molecule has 6 nitrogen and oxygen atoms in total. The quantitative estimate of drug-likeness (QED) is 0.667. The van der Waals surface area contributed by atoms with Gasteiger partial charge in [-0.3, -0.25) is 4.79 Å². The third-order valence-electron chi connectivity index (χ3n) is 2.33. The number of carboxylic acid groups (broad SMARTS) is 1. The lowest BCUT2D eigenvalue weighted by Gasteiger charge is -2.21. The molecule has 1 atom stereocenters. The number of allylic oxidation sites excluding steroid dienone is 1. The van der Waals surface area contributed by atoms with Gasteiger partial charge < -0.3 is 15.2 Å². The van der Waals surface area contributed by atoms with Crippen molar-refractivity contribution in [3.05, 3.63) is 12.7 Å². The van der Waals surface area contributed by atoms with Crippen LogP contribution in [0.5, 0.6) is 0 Å². The molecule has 0 aliphatic heterocycles. The van der Waals surface area contributed by atoms with Crippen LogP contribution in [0.15, 0.2) is 12.7 Å². The van der Waals surface area contributed by atoms with Gasteiger partial charge >= 0.3 is 12.1 Å². The molecule has 114 valence electrons. The number of amides is 1. The van der Waals surface area contributed by atoms with Crippen LogP contribution < -0.4 is 5.32 Å². The third-order valence-corrected chi connectivity index (χ3v) is 2.33. The standard InChI is InChI=1S/C14H23NO5/c1-5-6-7-10(16)8-9-11(12(17)18)15-13(19)20-14(2,3)4/h5,11H,1,6-9H2,2-4H3,(H,15,19)(H,17,18). The molecule has 0 rings (SSSR count). The Bertz CT molecular complexity index is 370. The number of alkyl carbamates (subject to hydrolysis) is 1. The molecule has 0 aromatic heterocycles. The molecule has 1 unspecified atom stereocenters. The minimum atomic E-state index is -1.19. The molecule has 0 heterocycles. The van der Waals surface area contributed by atoms with Gasteiger partial charge in [-0.25, -0.2) is 9.59 Å². The van der Waals surface area contributed by atoms with Gasteiger partial charge in [0.25, 0.3) is 0 Å². The van der Waals surface area contributed by atoms with Crippen molar-refractivity contribution in [2.24, 2.45) is 0 Å². The number of carboxylic acids is 1. The van der Waals surface area contributed by atoms with Gasteiger partial charge in [0.1, 0.15) is 17.4 Å². The van der Waals surface area contributed by atoms with Crippen molar-refractivity contribution < 1.29 is 24.2 Å². The normalized spacial score (nSPS) is 12.3. The second-order valence-corrected chi connectivity index (χ2v) is 5.44. The third kappa shape index (κ3) is 9.13. The Morgan fingerprint density at radius 3 is 2.35 bits per heavy atom. The summed E-state index contributed by atoms with van der Waals surface area (Å²) in [7, 11) is 0. The Morgan fingerprint density at radius 2 is 1.90 bits per heavy atom. The first-order chi connectivity index (χ1) is 9.15. The number of ketones is 1. The van der Waals surface area contributed by atoms with Gasteiger partial charge in [0.2, 0.25) is 0 Å². The zero-order valence-electron chi connectivity index (χ0n) is 12.3. The van der Waals surface area contributed by atoms with Crippen LogP contribution in [0, 0.1) is 0 Å². The van der Waals surface area contributed by atoms with Crippen LogP contribution >= 0.6 is 0 Å². The summed E-state index contributed by atoms with van der Waals surface area (Å²) in [5.41, 5.74) is -0.701. The number of Topliss-reactive ketones (excluding diaryl/α,β-unsaturated/α-hetero) is 1. The lowest BCUT2D eigenvalue weighted by Crippen LogP contribution is -2.43. The van der Waals surface area contributed by atoms with Gasteiger partial charge in [-0.15, -0.1) is 6.58 Å². The maximum atomic E-state index is 11.5. The van der Waals surface area contributed by atoms with Gasteiger partial charge in [0.05, 0.1) is 0 Å². The molecule has 0 saturated carbocycles. The Hall–Kier alpha value is -1.85. The largest absolute Gasteiger partial charge is 0.480 e. The first-order valence-electron chi connectivity index (χ1n) is 6.50. The summed E-state index contributed by atoms with van der Waals surface area (Å²) >= 11 is 0. The molecule has 0 fully saturated rings. The summed E-state index contributed by atoms with van der Waals surface area (Å²) in [5, 5.41) is 11.3. The molecule has 0 aromatic carbocycles. The highest BCUT2D eigenvalue weighted by Crippen LogP contribution is 2.08. The predicted molar refractivity (Wildman–Crippen MR) is 74.5 cm³/mol. The smallest absolute Gasteiger partial charge is 0.408 e. The second kappa shape index (κ2) is 8.35. The van der Waals surface area contributed by atoms with E-state index < -0.39 is 23.7 Å². The number of hydrogen-bond donors (Lipinski definition) is 2. The first-order valence-corrected chi connectivity index (χ1v) is 6.50. The molecule has 0 spiro atoms. The number of nitrogens with one attached hydrogen (secondary N) is 1. The Morgan fingerprint density at radius 1 is 1.30 bits per heavy atom. The molecule has 0 aromatic rings. The Kier molecular flexibility index (Phi) is 7.57. The monoisotopic (exact) mass is 285 g/mol. The van der Waals surface area contributed by atoms with E-state index in [0.717, 1.165) is 0 Å². The van der Waals surface area contributed by atoms with E-state index in [9.17, 15) is 14.4 Å². The lowest BCUT2D eigenvalue weighted by molar-refractivity contribution is -0.139. The highest BCUT2D eigenvalue weighted by molar-refractivity contribution is 5.82. The molecule has 2 N–H and O–H groups in total. The summed E-state index contributed by atoms with van der Waals surface area (Å²) in [6.45, 7) is 8.55. The summed E-state index contributed by atoms with van der Waals surface area (Å²) in [6, 6.07) is -1.13. The highest BCUT2D eigenvalue weighted by Gasteiger charge is 2.24. The van der Waals surface area contributed by atoms with E-state index in [1.54, 1.807) is 26.8 Å². The summed E-state index contributed by atoms with van der Waals surface area (Å²) in [5.74, 6) is -1.24. The van der Waals surface area contributed by atoms with E-state index in [2.05, 4.69) is 11.9 Å². The number of aliphatic carboxylic acids is 1. The van der Waals surface area contributed by atoms with Crippen LogP contribution in [0.3, 0.4) is 0 Å². The molecule has 6 heteroatoms. The molecule has 0 saturated heterocycles. The molecule has 0 bridgehead atoms. The van der Waals surface area contributed by atoms with Crippen LogP contribution in [0.25, 0.3) is 0 Å². The Labute approximate surface area is 119 Å². The van der Waals surface area contributed by atoms with Crippen LogP contribution in [0.4, 0.5) is 4.79 Å². The van der Waals surface area contributed by atoms with Crippen molar-refractivity contribution in [3.63, 3.8) is 0 Å². The fourth-order valence-electron chi connectivity index (χ4n) is 1.40. The van der Waals surface area contributed by atoms with Crippen LogP contribution in [0.1, 0.15) is 46.5 Å². The lowest BCUT2D eigenvalue weighted by atomic mass is 10.1. The summed E-state index contributed by atoms with van der Waals surface area (Å²) in [6.07, 6.45) is 1.87.